The molecule has 2 heterocycles. The molecule has 0 bridgehead atoms. The molecule has 1 aromatic carbocycles. The summed E-state index contributed by atoms with van der Waals surface area (Å²) in [5, 5.41) is 0. The highest BCUT2D eigenvalue weighted by Gasteiger charge is 2.23. The van der Waals surface area contributed by atoms with E-state index < -0.39 is 0 Å². The number of ether oxygens (including phenoxy) is 1. The summed E-state index contributed by atoms with van der Waals surface area (Å²) in [6.45, 7) is 4.08. The van der Waals surface area contributed by atoms with Gasteiger partial charge in [0.15, 0.2) is 5.58 Å². The molecule has 0 atom stereocenters. The van der Waals surface area contributed by atoms with Crippen molar-refractivity contribution < 1.29 is 13.9 Å². The van der Waals surface area contributed by atoms with Crippen LogP contribution in [0.1, 0.15) is 22.2 Å². The van der Waals surface area contributed by atoms with Gasteiger partial charge in [-0.2, -0.15) is 0 Å². The Kier molecular flexibility index (Phi) is 3.32. The van der Waals surface area contributed by atoms with Gasteiger partial charge in [-0.1, -0.05) is 30.3 Å². The largest absolute Gasteiger partial charge is 0.462 e. The van der Waals surface area contributed by atoms with E-state index in [0.29, 0.717) is 17.8 Å². The normalized spacial score (nSPS) is 10.9. The van der Waals surface area contributed by atoms with Gasteiger partial charge in [0.2, 0.25) is 0 Å². The predicted octanol–water partition coefficient (Wildman–Crippen LogP) is 4.65. The number of fused-ring (bicyclic) bond motifs is 1. The zero-order chi connectivity index (χ0) is 14.1. The van der Waals surface area contributed by atoms with Crippen LogP contribution in [0.25, 0.3) is 21.4 Å². The maximum Gasteiger partial charge on any atom is 0.343 e. The number of hydrogen-bond acceptors (Lipinski definition) is 4. The van der Waals surface area contributed by atoms with Gasteiger partial charge in [0.1, 0.15) is 11.8 Å². The van der Waals surface area contributed by atoms with Crippen molar-refractivity contribution in [2.75, 3.05) is 6.61 Å². The monoisotopic (exact) mass is 286 g/mol. The fourth-order valence-corrected chi connectivity index (χ4v) is 3.34. The Labute approximate surface area is 120 Å². The number of esters is 1. The van der Waals surface area contributed by atoms with E-state index in [-0.39, 0.29) is 5.97 Å². The summed E-state index contributed by atoms with van der Waals surface area (Å²) in [4.78, 5) is 12.9. The van der Waals surface area contributed by atoms with Crippen LogP contribution in [-0.4, -0.2) is 12.6 Å². The van der Waals surface area contributed by atoms with E-state index in [4.69, 9.17) is 9.15 Å². The van der Waals surface area contributed by atoms with E-state index in [1.807, 2.05) is 37.3 Å². The number of aryl methyl sites for hydroxylation is 1. The fraction of sp³-hybridized carbons (Fsp3) is 0.188. The predicted molar refractivity (Wildman–Crippen MR) is 80.2 cm³/mol. The van der Waals surface area contributed by atoms with Crippen LogP contribution in [-0.2, 0) is 4.74 Å². The minimum atomic E-state index is -0.315. The molecule has 102 valence electrons. The summed E-state index contributed by atoms with van der Waals surface area (Å²) < 4.78 is 11.7. The van der Waals surface area contributed by atoms with Crippen LogP contribution in [0.5, 0.6) is 0 Å². The maximum atomic E-state index is 12.0. The van der Waals surface area contributed by atoms with E-state index in [1.54, 1.807) is 24.5 Å². The number of furan rings is 1. The summed E-state index contributed by atoms with van der Waals surface area (Å²) in [7, 11) is 0. The lowest BCUT2D eigenvalue weighted by Gasteiger charge is -1.99. The molecule has 3 rings (SSSR count). The molecular formula is C16H14O3S. The van der Waals surface area contributed by atoms with Gasteiger partial charge in [-0.05, 0) is 19.4 Å². The third-order valence-electron chi connectivity index (χ3n) is 3.14. The van der Waals surface area contributed by atoms with E-state index in [1.165, 1.54) is 0 Å². The average Bonchev–Trinajstić information content (AvgIpc) is 2.97. The van der Waals surface area contributed by atoms with Crippen LogP contribution in [0.3, 0.4) is 0 Å². The summed E-state index contributed by atoms with van der Waals surface area (Å²) >= 11 is 1.57. The lowest BCUT2D eigenvalue weighted by atomic mass is 10.1. The van der Waals surface area contributed by atoms with Crippen molar-refractivity contribution in [3.8, 4) is 11.1 Å². The highest BCUT2D eigenvalue weighted by atomic mass is 32.1. The van der Waals surface area contributed by atoms with Gasteiger partial charge in [-0.15, -0.1) is 11.3 Å². The molecule has 0 saturated carbocycles. The molecule has 3 aromatic rings. The summed E-state index contributed by atoms with van der Waals surface area (Å²) in [5.41, 5.74) is 3.28. The SMILES string of the molecule is CCOC(=O)c1c(C)sc2c(-c3ccccc3)coc12. The van der Waals surface area contributed by atoms with Crippen molar-refractivity contribution in [1.29, 1.82) is 0 Å². The van der Waals surface area contributed by atoms with Crippen molar-refractivity contribution in [2.24, 2.45) is 0 Å². The minimum Gasteiger partial charge on any atom is -0.462 e. The molecule has 0 amide bonds. The van der Waals surface area contributed by atoms with Gasteiger partial charge in [0.25, 0.3) is 0 Å². The molecule has 0 aliphatic carbocycles. The smallest absolute Gasteiger partial charge is 0.343 e. The second-order valence-electron chi connectivity index (χ2n) is 4.43. The van der Waals surface area contributed by atoms with Crippen molar-refractivity contribution in [3.63, 3.8) is 0 Å². The molecule has 20 heavy (non-hydrogen) atoms. The first kappa shape index (κ1) is 12.9. The van der Waals surface area contributed by atoms with Crippen molar-refractivity contribution in [2.45, 2.75) is 13.8 Å². The van der Waals surface area contributed by atoms with Gasteiger partial charge in [0, 0.05) is 10.4 Å². The number of rotatable bonds is 3. The van der Waals surface area contributed by atoms with E-state index >= 15 is 0 Å². The Balaban J connectivity index is 2.16. The van der Waals surface area contributed by atoms with Gasteiger partial charge in [-0.3, -0.25) is 0 Å². The van der Waals surface area contributed by atoms with Gasteiger partial charge in [0.05, 0.1) is 11.3 Å². The molecule has 0 aliphatic heterocycles. The number of carbonyl (C=O) groups is 1. The fourth-order valence-electron chi connectivity index (χ4n) is 2.24. The van der Waals surface area contributed by atoms with Gasteiger partial charge < -0.3 is 9.15 Å². The highest BCUT2D eigenvalue weighted by molar-refractivity contribution is 7.20. The Morgan fingerprint density at radius 2 is 2.05 bits per heavy atom. The van der Waals surface area contributed by atoms with E-state index in [0.717, 1.165) is 20.7 Å². The first-order valence-corrected chi connectivity index (χ1v) is 7.27. The lowest BCUT2D eigenvalue weighted by molar-refractivity contribution is 0.0527. The third-order valence-corrected chi connectivity index (χ3v) is 4.26. The molecule has 0 radical (unpaired) electrons. The van der Waals surface area contributed by atoms with Crippen molar-refractivity contribution >= 4 is 27.6 Å². The van der Waals surface area contributed by atoms with E-state index in [2.05, 4.69) is 0 Å². The zero-order valence-corrected chi connectivity index (χ0v) is 12.1. The van der Waals surface area contributed by atoms with Crippen molar-refractivity contribution in [1.82, 2.24) is 0 Å². The first-order valence-electron chi connectivity index (χ1n) is 6.45. The van der Waals surface area contributed by atoms with Gasteiger partial charge in [-0.25, -0.2) is 4.79 Å². The number of hydrogen-bond donors (Lipinski definition) is 0. The van der Waals surface area contributed by atoms with Crippen LogP contribution >= 0.6 is 11.3 Å². The Bertz CT molecular complexity index is 753. The summed E-state index contributed by atoms with van der Waals surface area (Å²) in [6, 6.07) is 10.0. The Morgan fingerprint density at radius 3 is 2.75 bits per heavy atom. The summed E-state index contributed by atoms with van der Waals surface area (Å²) in [6.07, 6.45) is 1.71. The quantitative estimate of drug-likeness (QED) is 0.658. The van der Waals surface area contributed by atoms with Crippen LogP contribution in [0.4, 0.5) is 0 Å². The molecule has 0 N–H and O–H groups in total. The summed E-state index contributed by atoms with van der Waals surface area (Å²) in [5.74, 6) is -0.315. The van der Waals surface area contributed by atoms with Crippen molar-refractivity contribution in [3.05, 3.63) is 47.0 Å². The second-order valence-corrected chi connectivity index (χ2v) is 5.65. The molecule has 2 aromatic heterocycles. The number of carbonyl (C=O) groups excluding carboxylic acids is 1. The molecule has 3 nitrogen and oxygen atoms in total. The topological polar surface area (TPSA) is 39.4 Å². The highest BCUT2D eigenvalue weighted by Crippen LogP contribution is 2.39. The molecule has 0 unspecified atom stereocenters. The minimum absolute atomic E-state index is 0.315. The molecule has 0 spiro atoms. The standard InChI is InChI=1S/C16H14O3S/c1-3-18-16(17)13-10(2)20-15-12(9-19-14(13)15)11-7-5-4-6-8-11/h4-9H,3H2,1-2H3. The number of thiophene rings is 1. The zero-order valence-electron chi connectivity index (χ0n) is 11.3. The second kappa shape index (κ2) is 5.13. The molecular weight excluding hydrogens is 272 g/mol. The van der Waals surface area contributed by atoms with Crippen LogP contribution < -0.4 is 0 Å². The van der Waals surface area contributed by atoms with Crippen LogP contribution in [0, 0.1) is 6.92 Å². The molecule has 4 heteroatoms. The van der Waals surface area contributed by atoms with Crippen LogP contribution in [0.2, 0.25) is 0 Å². The van der Waals surface area contributed by atoms with Crippen LogP contribution in [0.15, 0.2) is 41.0 Å². The molecule has 0 fully saturated rings. The third kappa shape index (κ3) is 2.02. The Morgan fingerprint density at radius 1 is 1.30 bits per heavy atom. The Hall–Kier alpha value is -2.07. The maximum absolute atomic E-state index is 12.0. The van der Waals surface area contributed by atoms with E-state index in [9.17, 15) is 4.79 Å². The first-order chi connectivity index (χ1) is 9.72. The average molecular weight is 286 g/mol. The molecule has 0 aliphatic rings. The number of benzene rings is 1. The van der Waals surface area contributed by atoms with Gasteiger partial charge >= 0.3 is 5.97 Å². The lowest BCUT2D eigenvalue weighted by Crippen LogP contribution is -2.04. The molecule has 0 saturated heterocycles.